The van der Waals surface area contributed by atoms with Gasteiger partial charge >= 0.3 is 0 Å². The number of allylic oxidation sites excluding steroid dienone is 1. The van der Waals surface area contributed by atoms with E-state index in [2.05, 4.69) is 24.5 Å². The maximum absolute atomic E-state index is 12.3. The number of nitrogens with one attached hydrogen (secondary N) is 2. The number of rotatable bonds is 0. The highest BCUT2D eigenvalue weighted by molar-refractivity contribution is 6.01. The molecule has 1 aliphatic carbocycles. The second-order valence-electron chi connectivity index (χ2n) is 6.53. The molecule has 0 aromatic carbocycles. The van der Waals surface area contributed by atoms with Gasteiger partial charge in [-0.1, -0.05) is 20.8 Å². The summed E-state index contributed by atoms with van der Waals surface area (Å²) in [4.78, 5) is 23.8. The van der Waals surface area contributed by atoms with Crippen molar-refractivity contribution in [2.45, 2.75) is 46.2 Å². The topological polar surface area (TPSA) is 58.2 Å². The molecule has 0 saturated carbocycles. The normalized spacial score (nSPS) is 38.6. The van der Waals surface area contributed by atoms with Crippen LogP contribution in [0.3, 0.4) is 0 Å². The minimum absolute atomic E-state index is 0.0297. The lowest BCUT2D eigenvalue weighted by Crippen LogP contribution is -2.42. The first-order chi connectivity index (χ1) is 7.82. The molecule has 0 radical (unpaired) electrons. The number of Topliss-reactive ketones (excluding diaryl/α,β-unsaturated/α-hetero) is 1. The van der Waals surface area contributed by atoms with Crippen LogP contribution >= 0.6 is 0 Å². The van der Waals surface area contributed by atoms with Crippen molar-refractivity contribution in [3.63, 3.8) is 0 Å². The van der Waals surface area contributed by atoms with Gasteiger partial charge in [0.2, 0.25) is 5.91 Å². The van der Waals surface area contributed by atoms with Gasteiger partial charge in [0, 0.05) is 29.5 Å². The zero-order valence-corrected chi connectivity index (χ0v) is 10.5. The van der Waals surface area contributed by atoms with Gasteiger partial charge in [0.15, 0.2) is 5.78 Å². The molecule has 4 heteroatoms. The van der Waals surface area contributed by atoms with Crippen LogP contribution in [-0.4, -0.2) is 17.9 Å². The molecule has 2 N–H and O–H groups in total. The van der Waals surface area contributed by atoms with E-state index >= 15 is 0 Å². The average Bonchev–Trinajstić information content (AvgIpc) is 2.49. The van der Waals surface area contributed by atoms with Crippen LogP contribution in [0.25, 0.3) is 0 Å². The van der Waals surface area contributed by atoms with Gasteiger partial charge < -0.3 is 10.6 Å². The van der Waals surface area contributed by atoms with E-state index in [9.17, 15) is 9.59 Å². The van der Waals surface area contributed by atoms with E-state index < -0.39 is 0 Å². The monoisotopic (exact) mass is 234 g/mol. The number of amides is 1. The summed E-state index contributed by atoms with van der Waals surface area (Å²) in [5.41, 5.74) is 1.63. The fourth-order valence-corrected chi connectivity index (χ4v) is 3.52. The van der Waals surface area contributed by atoms with Crippen molar-refractivity contribution >= 4 is 11.7 Å². The van der Waals surface area contributed by atoms with Gasteiger partial charge in [0.25, 0.3) is 0 Å². The molecule has 0 spiro atoms. The Morgan fingerprint density at radius 3 is 2.47 bits per heavy atom. The lowest BCUT2D eigenvalue weighted by molar-refractivity contribution is -0.120. The van der Waals surface area contributed by atoms with Crippen molar-refractivity contribution in [1.82, 2.24) is 10.6 Å². The Hall–Kier alpha value is -1.32. The minimum atomic E-state index is -0.333. The first kappa shape index (κ1) is 10.8. The third-order valence-electron chi connectivity index (χ3n) is 4.23. The van der Waals surface area contributed by atoms with Gasteiger partial charge in [0.1, 0.15) is 6.17 Å². The van der Waals surface area contributed by atoms with Crippen molar-refractivity contribution in [2.75, 3.05) is 0 Å². The SMILES string of the molecule is CC1(C)CC(=O)C2=C(C1)N[C@H]1NC(=O)C[C@@]21C. The summed E-state index contributed by atoms with van der Waals surface area (Å²) in [5, 5.41) is 6.26. The van der Waals surface area contributed by atoms with Crippen molar-refractivity contribution in [1.29, 1.82) is 0 Å². The molecule has 17 heavy (non-hydrogen) atoms. The van der Waals surface area contributed by atoms with Gasteiger partial charge in [-0.05, 0) is 11.8 Å². The second kappa shape index (κ2) is 2.92. The van der Waals surface area contributed by atoms with E-state index in [0.717, 1.165) is 17.7 Å². The molecule has 4 nitrogen and oxygen atoms in total. The molecule has 0 unspecified atom stereocenters. The van der Waals surface area contributed by atoms with Crippen LogP contribution in [0.4, 0.5) is 0 Å². The summed E-state index contributed by atoms with van der Waals surface area (Å²) in [6.45, 7) is 6.25. The van der Waals surface area contributed by atoms with E-state index in [1.807, 2.05) is 6.92 Å². The number of hydrogen-bond acceptors (Lipinski definition) is 3. The molecule has 3 rings (SSSR count). The van der Waals surface area contributed by atoms with Crippen molar-refractivity contribution in [3.05, 3.63) is 11.3 Å². The molecular formula is C13H18N2O2. The Balaban J connectivity index is 2.05. The predicted molar refractivity (Wildman–Crippen MR) is 62.8 cm³/mol. The highest BCUT2D eigenvalue weighted by atomic mass is 16.2. The zero-order valence-electron chi connectivity index (χ0n) is 10.5. The number of carbonyl (C=O) groups excluding carboxylic acids is 2. The summed E-state index contributed by atoms with van der Waals surface area (Å²) in [6.07, 6.45) is 1.83. The quantitative estimate of drug-likeness (QED) is 0.659. The molecule has 0 bridgehead atoms. The molecule has 92 valence electrons. The first-order valence-electron chi connectivity index (χ1n) is 6.15. The van der Waals surface area contributed by atoms with E-state index in [-0.39, 0.29) is 28.7 Å². The van der Waals surface area contributed by atoms with E-state index in [4.69, 9.17) is 0 Å². The molecule has 1 fully saturated rings. The highest BCUT2D eigenvalue weighted by Gasteiger charge is 2.55. The van der Waals surface area contributed by atoms with Gasteiger partial charge in [-0.3, -0.25) is 9.59 Å². The van der Waals surface area contributed by atoms with Crippen LogP contribution in [0, 0.1) is 10.8 Å². The molecule has 0 aromatic rings. The largest absolute Gasteiger partial charge is 0.368 e. The summed E-state index contributed by atoms with van der Waals surface area (Å²) in [6, 6.07) is 0. The lowest BCUT2D eigenvalue weighted by atomic mass is 9.69. The molecule has 1 amide bonds. The van der Waals surface area contributed by atoms with Crippen LogP contribution in [0.1, 0.15) is 40.0 Å². The van der Waals surface area contributed by atoms with E-state index in [0.29, 0.717) is 12.8 Å². The molecule has 1 saturated heterocycles. The number of hydrogen-bond donors (Lipinski definition) is 2. The highest BCUT2D eigenvalue weighted by Crippen LogP contribution is 2.50. The molecule has 2 heterocycles. The maximum Gasteiger partial charge on any atom is 0.222 e. The Morgan fingerprint density at radius 1 is 1.06 bits per heavy atom. The van der Waals surface area contributed by atoms with Crippen LogP contribution in [-0.2, 0) is 9.59 Å². The number of carbonyl (C=O) groups is 2. The average molecular weight is 234 g/mol. The van der Waals surface area contributed by atoms with Crippen molar-refractivity contribution in [3.8, 4) is 0 Å². The second-order valence-corrected chi connectivity index (χ2v) is 6.53. The van der Waals surface area contributed by atoms with Gasteiger partial charge in [0.05, 0.1) is 0 Å². The van der Waals surface area contributed by atoms with Crippen molar-refractivity contribution < 1.29 is 9.59 Å². The summed E-state index contributed by atoms with van der Waals surface area (Å²) in [5.74, 6) is 0.249. The number of ketones is 1. The lowest BCUT2D eigenvalue weighted by Gasteiger charge is -2.32. The van der Waals surface area contributed by atoms with Gasteiger partial charge in [-0.25, -0.2) is 0 Å². The van der Waals surface area contributed by atoms with Crippen LogP contribution in [0.2, 0.25) is 0 Å². The Bertz CT molecular complexity index is 464. The standard InChI is InChI=1S/C13H18N2O2/c1-12(2)4-7-10(8(16)5-12)13(3)6-9(17)15-11(13)14-7/h11,14H,4-6H2,1-3H3,(H,15,17)/t11-,13-/m0/s1. The molecule has 3 aliphatic rings. The summed E-state index contributed by atoms with van der Waals surface area (Å²) in [7, 11) is 0. The Labute approximate surface area is 101 Å². The Kier molecular flexibility index (Phi) is 1.86. The molecular weight excluding hydrogens is 216 g/mol. The third kappa shape index (κ3) is 1.36. The third-order valence-corrected chi connectivity index (χ3v) is 4.23. The van der Waals surface area contributed by atoms with Crippen molar-refractivity contribution in [2.24, 2.45) is 10.8 Å². The molecule has 2 aliphatic heterocycles. The first-order valence-corrected chi connectivity index (χ1v) is 6.15. The minimum Gasteiger partial charge on any atom is -0.368 e. The fraction of sp³-hybridized carbons (Fsp3) is 0.692. The van der Waals surface area contributed by atoms with E-state index in [1.54, 1.807) is 0 Å². The fourth-order valence-electron chi connectivity index (χ4n) is 3.52. The molecule has 0 aromatic heterocycles. The smallest absolute Gasteiger partial charge is 0.222 e. The van der Waals surface area contributed by atoms with Crippen LogP contribution in [0.5, 0.6) is 0 Å². The predicted octanol–water partition coefficient (Wildman–Crippen LogP) is 1.09. The van der Waals surface area contributed by atoms with Gasteiger partial charge in [-0.15, -0.1) is 0 Å². The summed E-state index contributed by atoms with van der Waals surface area (Å²) < 4.78 is 0. The number of fused-ring (bicyclic) bond motifs is 2. The van der Waals surface area contributed by atoms with Crippen LogP contribution < -0.4 is 10.6 Å². The zero-order chi connectivity index (χ0) is 12.4. The van der Waals surface area contributed by atoms with Crippen LogP contribution in [0.15, 0.2) is 11.3 Å². The van der Waals surface area contributed by atoms with Gasteiger partial charge in [-0.2, -0.15) is 0 Å². The molecule has 2 atom stereocenters. The maximum atomic E-state index is 12.3. The Morgan fingerprint density at radius 2 is 1.76 bits per heavy atom. The summed E-state index contributed by atoms with van der Waals surface area (Å²) >= 11 is 0. The van der Waals surface area contributed by atoms with E-state index in [1.165, 1.54) is 0 Å².